The molecule has 0 aliphatic carbocycles. The van der Waals surface area contributed by atoms with E-state index in [0.29, 0.717) is 0 Å². The van der Waals surface area contributed by atoms with Crippen LogP contribution in [0.25, 0.3) is 0 Å². The molecule has 0 amide bonds. The zero-order valence-corrected chi connectivity index (χ0v) is 9.13. The van der Waals surface area contributed by atoms with Gasteiger partial charge in [0.05, 0.1) is 0 Å². The van der Waals surface area contributed by atoms with Crippen molar-refractivity contribution >= 4 is 18.4 Å². The molecular formula is C8H14Sn. The van der Waals surface area contributed by atoms with Crippen molar-refractivity contribution in [3.05, 3.63) is 24.3 Å². The summed E-state index contributed by atoms with van der Waals surface area (Å²) in [6.07, 6.45) is 4.40. The predicted octanol–water partition coefficient (Wildman–Crippen LogP) is 2.82. The van der Waals surface area contributed by atoms with Gasteiger partial charge in [-0.25, -0.2) is 0 Å². The summed E-state index contributed by atoms with van der Waals surface area (Å²) in [6.45, 7) is 3.77. The molecule has 1 heteroatoms. The Hall–Kier alpha value is 0.279. The van der Waals surface area contributed by atoms with Gasteiger partial charge in [-0.15, -0.1) is 0 Å². The SMILES string of the molecule is C=CC1=C[CH2][Sn]([CH3])([CH3])[CH2]1. The maximum atomic E-state index is 3.77. The monoisotopic (exact) mass is 230 g/mol. The number of allylic oxidation sites excluding steroid dienone is 3. The topological polar surface area (TPSA) is 0 Å². The van der Waals surface area contributed by atoms with Gasteiger partial charge < -0.3 is 0 Å². The molecule has 0 radical (unpaired) electrons. The normalized spacial score (nSPS) is 23.6. The van der Waals surface area contributed by atoms with Crippen molar-refractivity contribution in [1.82, 2.24) is 0 Å². The molecule has 1 aliphatic rings. The average molecular weight is 229 g/mol. The molecule has 1 heterocycles. The van der Waals surface area contributed by atoms with Gasteiger partial charge in [0.1, 0.15) is 0 Å². The van der Waals surface area contributed by atoms with Gasteiger partial charge >= 0.3 is 61.4 Å². The Balaban J connectivity index is 2.59. The van der Waals surface area contributed by atoms with Crippen LogP contribution in [0.1, 0.15) is 0 Å². The third kappa shape index (κ3) is 1.85. The molecule has 0 nitrogen and oxygen atoms in total. The molecule has 0 fully saturated rings. The molecular weight excluding hydrogens is 215 g/mol. The van der Waals surface area contributed by atoms with Crippen LogP contribution in [-0.2, 0) is 0 Å². The standard InChI is InChI=1S/C6H8.2CH3.Sn/c1-4-6(3)5-2;;;/h4-5H,1-3H2;2*1H3;. The molecule has 1 aliphatic heterocycles. The molecule has 0 bridgehead atoms. The van der Waals surface area contributed by atoms with E-state index in [0.717, 1.165) is 0 Å². The Morgan fingerprint density at radius 1 is 1.67 bits per heavy atom. The van der Waals surface area contributed by atoms with Gasteiger partial charge in [0, 0.05) is 0 Å². The summed E-state index contributed by atoms with van der Waals surface area (Å²) >= 11 is -1.45. The van der Waals surface area contributed by atoms with Crippen molar-refractivity contribution in [2.75, 3.05) is 0 Å². The van der Waals surface area contributed by atoms with Crippen molar-refractivity contribution in [3.63, 3.8) is 0 Å². The van der Waals surface area contributed by atoms with Crippen molar-refractivity contribution in [3.8, 4) is 0 Å². The number of hydrogen-bond donors (Lipinski definition) is 0. The van der Waals surface area contributed by atoms with Crippen LogP contribution in [-0.4, -0.2) is 18.4 Å². The van der Waals surface area contributed by atoms with Crippen LogP contribution in [0, 0.1) is 0 Å². The predicted molar refractivity (Wildman–Crippen MR) is 45.4 cm³/mol. The van der Waals surface area contributed by atoms with Crippen LogP contribution in [0.3, 0.4) is 0 Å². The first-order chi connectivity index (χ1) is 4.14. The number of rotatable bonds is 1. The zero-order chi connectivity index (χ0) is 6.91. The fourth-order valence-electron chi connectivity index (χ4n) is 1.26. The molecule has 0 aromatic heterocycles. The van der Waals surface area contributed by atoms with Crippen LogP contribution in [0.5, 0.6) is 0 Å². The second-order valence-corrected chi connectivity index (χ2v) is 18.1. The van der Waals surface area contributed by atoms with Gasteiger partial charge in [-0.1, -0.05) is 0 Å². The first-order valence-corrected chi connectivity index (χ1v) is 13.2. The summed E-state index contributed by atoms with van der Waals surface area (Å²) in [5.74, 6) is 0. The molecule has 0 unspecified atom stereocenters. The summed E-state index contributed by atoms with van der Waals surface area (Å²) in [4.78, 5) is 5.00. The van der Waals surface area contributed by atoms with Gasteiger partial charge in [0.2, 0.25) is 0 Å². The van der Waals surface area contributed by atoms with E-state index in [1.807, 2.05) is 6.08 Å². The first kappa shape index (κ1) is 7.39. The Morgan fingerprint density at radius 3 is 2.56 bits per heavy atom. The van der Waals surface area contributed by atoms with E-state index < -0.39 is 18.4 Å². The summed E-state index contributed by atoms with van der Waals surface area (Å²) in [7, 11) is 0. The zero-order valence-electron chi connectivity index (χ0n) is 6.28. The molecule has 0 aromatic carbocycles. The third-order valence-electron chi connectivity index (χ3n) is 1.86. The van der Waals surface area contributed by atoms with Gasteiger partial charge in [-0.05, 0) is 0 Å². The van der Waals surface area contributed by atoms with Gasteiger partial charge in [0.25, 0.3) is 0 Å². The molecule has 0 aromatic rings. The first-order valence-electron chi connectivity index (χ1n) is 3.45. The molecule has 0 spiro atoms. The van der Waals surface area contributed by atoms with Crippen LogP contribution >= 0.6 is 0 Å². The molecule has 0 atom stereocenters. The van der Waals surface area contributed by atoms with Crippen LogP contribution in [0.4, 0.5) is 0 Å². The maximum absolute atomic E-state index is 3.77. The van der Waals surface area contributed by atoms with Crippen molar-refractivity contribution in [1.29, 1.82) is 0 Å². The number of hydrogen-bond acceptors (Lipinski definition) is 0. The molecule has 50 valence electrons. The van der Waals surface area contributed by atoms with E-state index in [1.165, 1.54) is 14.4 Å². The van der Waals surface area contributed by atoms with Crippen LogP contribution in [0.15, 0.2) is 24.3 Å². The second-order valence-electron chi connectivity index (χ2n) is 3.53. The molecule has 0 saturated heterocycles. The van der Waals surface area contributed by atoms with E-state index in [1.54, 1.807) is 0 Å². The fraction of sp³-hybridized carbons (Fsp3) is 0.500. The third-order valence-corrected chi connectivity index (χ3v) is 9.50. The minimum atomic E-state index is -1.45. The fourth-order valence-corrected chi connectivity index (χ4v) is 7.98. The minimum absolute atomic E-state index is 1.41. The Bertz CT molecular complexity index is 154. The Morgan fingerprint density at radius 2 is 2.33 bits per heavy atom. The van der Waals surface area contributed by atoms with Crippen LogP contribution in [0.2, 0.25) is 18.8 Å². The second kappa shape index (κ2) is 2.49. The van der Waals surface area contributed by atoms with E-state index in [-0.39, 0.29) is 0 Å². The van der Waals surface area contributed by atoms with E-state index >= 15 is 0 Å². The van der Waals surface area contributed by atoms with E-state index in [9.17, 15) is 0 Å². The Labute approximate surface area is 61.5 Å². The summed E-state index contributed by atoms with van der Waals surface area (Å²) in [6, 6.07) is 0. The van der Waals surface area contributed by atoms with Gasteiger partial charge in [0.15, 0.2) is 0 Å². The quantitative estimate of drug-likeness (QED) is 0.606. The van der Waals surface area contributed by atoms with E-state index in [4.69, 9.17) is 0 Å². The van der Waals surface area contributed by atoms with Gasteiger partial charge in [-0.3, -0.25) is 0 Å². The molecule has 1 rings (SSSR count). The average Bonchev–Trinajstić information content (AvgIpc) is 2.10. The summed E-state index contributed by atoms with van der Waals surface area (Å²) in [5.41, 5.74) is 1.51. The molecule has 9 heavy (non-hydrogen) atoms. The summed E-state index contributed by atoms with van der Waals surface area (Å²) < 4.78 is 2.84. The van der Waals surface area contributed by atoms with Crippen molar-refractivity contribution in [2.45, 2.75) is 18.8 Å². The van der Waals surface area contributed by atoms with E-state index in [2.05, 4.69) is 22.5 Å². The summed E-state index contributed by atoms with van der Waals surface area (Å²) in [5, 5.41) is 0. The Kier molecular flexibility index (Phi) is 2.04. The van der Waals surface area contributed by atoms with Crippen LogP contribution < -0.4 is 0 Å². The molecule has 0 N–H and O–H groups in total. The molecule has 0 saturated carbocycles. The van der Waals surface area contributed by atoms with Gasteiger partial charge in [-0.2, -0.15) is 0 Å². The van der Waals surface area contributed by atoms with Crippen molar-refractivity contribution in [2.24, 2.45) is 0 Å². The van der Waals surface area contributed by atoms with Crippen molar-refractivity contribution < 1.29 is 0 Å².